The van der Waals surface area contributed by atoms with Crippen molar-refractivity contribution in [2.45, 2.75) is 56.1 Å². The van der Waals surface area contributed by atoms with Crippen LogP contribution < -0.4 is 10.2 Å². The quantitative estimate of drug-likeness (QED) is 0.456. The zero-order valence-corrected chi connectivity index (χ0v) is 22.3. The Kier molecular flexibility index (Phi) is 6.52. The molecule has 0 radical (unpaired) electrons. The van der Waals surface area contributed by atoms with Gasteiger partial charge in [-0.1, -0.05) is 11.8 Å². The Labute approximate surface area is 227 Å². The first kappa shape index (κ1) is 25.7. The second-order valence-electron chi connectivity index (χ2n) is 10.1. The lowest BCUT2D eigenvalue weighted by Crippen LogP contribution is -2.34. The number of imidazole rings is 1. The fourth-order valence-electron chi connectivity index (χ4n) is 4.88. The average Bonchev–Trinajstić information content (AvgIpc) is 3.36. The third-order valence-corrected chi connectivity index (χ3v) is 8.56. The van der Waals surface area contributed by atoms with Crippen molar-refractivity contribution in [3.8, 4) is 5.69 Å². The molecule has 5 heterocycles. The van der Waals surface area contributed by atoms with Crippen LogP contribution >= 0.6 is 11.8 Å². The highest BCUT2D eigenvalue weighted by Crippen LogP contribution is 2.42. The number of anilines is 1. The predicted molar refractivity (Wildman–Crippen MR) is 139 cm³/mol. The van der Waals surface area contributed by atoms with Gasteiger partial charge < -0.3 is 24.3 Å². The number of nitrogens with zero attached hydrogens (tertiary/aromatic N) is 8. The number of hydrogen-bond acceptors (Lipinski definition) is 8. The molecule has 1 N–H and O–H groups in total. The molecule has 1 amide bonds. The van der Waals surface area contributed by atoms with Crippen molar-refractivity contribution in [2.24, 2.45) is 0 Å². The number of carbonyl (C=O) groups is 1. The highest BCUT2D eigenvalue weighted by atomic mass is 32.2. The van der Waals surface area contributed by atoms with Crippen LogP contribution in [0.15, 0.2) is 42.3 Å². The van der Waals surface area contributed by atoms with Crippen molar-refractivity contribution in [3.63, 3.8) is 0 Å². The highest BCUT2D eigenvalue weighted by Gasteiger charge is 2.41. The first-order chi connectivity index (χ1) is 18.7. The van der Waals surface area contributed by atoms with Gasteiger partial charge in [-0.2, -0.15) is 13.2 Å². The van der Waals surface area contributed by atoms with Gasteiger partial charge in [-0.25, -0.2) is 9.97 Å². The fraction of sp³-hybridized carbons (Fsp3) is 0.480. The first-order valence-electron chi connectivity index (χ1n) is 12.9. The molecule has 10 nitrogen and oxygen atoms in total. The van der Waals surface area contributed by atoms with Gasteiger partial charge in [0.1, 0.15) is 29.3 Å². The molecule has 6 rings (SSSR count). The molecule has 2 atom stereocenters. The highest BCUT2D eigenvalue weighted by molar-refractivity contribution is 8.02. The summed E-state index contributed by atoms with van der Waals surface area (Å²) in [5.74, 6) is 0.673. The van der Waals surface area contributed by atoms with E-state index in [-0.39, 0.29) is 11.5 Å². The Bertz CT molecular complexity index is 1410. The van der Waals surface area contributed by atoms with Gasteiger partial charge in [0.05, 0.1) is 29.6 Å². The molecule has 3 aliphatic rings. The molecule has 2 fully saturated rings. The lowest BCUT2D eigenvalue weighted by molar-refractivity contribution is -0.163. The zero-order valence-electron chi connectivity index (χ0n) is 21.5. The second kappa shape index (κ2) is 9.88. The van der Waals surface area contributed by atoms with E-state index in [9.17, 15) is 18.0 Å². The smallest absolute Gasteiger partial charge is 0.369 e. The minimum atomic E-state index is -4.44. The number of aromatic nitrogens is 6. The summed E-state index contributed by atoms with van der Waals surface area (Å²) in [7, 11) is 1.69. The first-order valence-corrected chi connectivity index (χ1v) is 13.8. The van der Waals surface area contributed by atoms with Crippen LogP contribution in [0.5, 0.6) is 0 Å². The second-order valence-corrected chi connectivity index (χ2v) is 11.1. The Balaban J connectivity index is 1.22. The molecule has 1 unspecified atom stereocenters. The van der Waals surface area contributed by atoms with Crippen LogP contribution in [0.3, 0.4) is 0 Å². The minimum Gasteiger partial charge on any atom is -0.369 e. The number of nitrogens with one attached hydrogen (secondary N) is 1. The van der Waals surface area contributed by atoms with Gasteiger partial charge in [0, 0.05) is 37.7 Å². The molecule has 0 spiro atoms. The SMILES string of the molecule is C[C@H](n1cnnc1C1SC=C(NC(=O)c2cc(-n3cnc(C4CC4)c3)c(N3CCCC3)cn2)N1C)C(F)(F)F. The standard InChI is InChI=1S/C25H28F3N9OS/c1-15(25(26,27)28)37-14-31-33-22(37)24-34(2)21(12-39-24)32-23(38)17-9-19(20(10-29-17)35-7-3-4-8-35)36-11-18(30-13-36)16-5-6-16/h9-16,24H,3-8H2,1-2H3,(H,32,38)/t15-,24?/m0/s1. The Morgan fingerprint density at radius 2 is 1.92 bits per heavy atom. The zero-order chi connectivity index (χ0) is 27.3. The minimum absolute atomic E-state index is 0.148. The van der Waals surface area contributed by atoms with Crippen molar-refractivity contribution in [3.05, 3.63) is 59.6 Å². The maximum atomic E-state index is 13.4. The maximum absolute atomic E-state index is 13.4. The van der Waals surface area contributed by atoms with E-state index in [0.29, 0.717) is 11.7 Å². The summed E-state index contributed by atoms with van der Waals surface area (Å²) in [5.41, 5.74) is 3.08. The summed E-state index contributed by atoms with van der Waals surface area (Å²) in [5, 5.41) is 11.6. The van der Waals surface area contributed by atoms with Gasteiger partial charge in [-0.3, -0.25) is 4.79 Å². The number of alkyl halides is 3. The molecule has 3 aromatic rings. The van der Waals surface area contributed by atoms with Crippen LogP contribution in [0.25, 0.3) is 5.69 Å². The van der Waals surface area contributed by atoms with Gasteiger partial charge in [0.25, 0.3) is 5.91 Å². The summed E-state index contributed by atoms with van der Waals surface area (Å²) in [6.07, 6.45) is 6.69. The molecule has 1 saturated heterocycles. The number of thioether (sulfide) groups is 1. The van der Waals surface area contributed by atoms with E-state index in [1.807, 2.05) is 10.8 Å². The molecule has 14 heteroatoms. The Morgan fingerprint density at radius 3 is 2.64 bits per heavy atom. The van der Waals surface area contributed by atoms with Crippen LogP contribution in [0.2, 0.25) is 0 Å². The molecule has 39 heavy (non-hydrogen) atoms. The van der Waals surface area contributed by atoms with Crippen LogP contribution in [0, 0.1) is 0 Å². The van der Waals surface area contributed by atoms with Gasteiger partial charge in [0.2, 0.25) is 0 Å². The molecule has 206 valence electrons. The van der Waals surface area contributed by atoms with Crippen LogP contribution in [0.4, 0.5) is 18.9 Å². The fourth-order valence-corrected chi connectivity index (χ4v) is 5.95. The van der Waals surface area contributed by atoms with Gasteiger partial charge in [-0.15, -0.1) is 10.2 Å². The molecule has 1 aliphatic carbocycles. The van der Waals surface area contributed by atoms with Gasteiger partial charge in [0.15, 0.2) is 5.82 Å². The topological polar surface area (TPSA) is 97.0 Å². The summed E-state index contributed by atoms with van der Waals surface area (Å²) in [6.45, 7) is 2.92. The predicted octanol–water partition coefficient (Wildman–Crippen LogP) is 4.37. The summed E-state index contributed by atoms with van der Waals surface area (Å²) in [6, 6.07) is -0.0150. The average molecular weight is 560 g/mol. The number of amides is 1. The number of carbonyl (C=O) groups excluding carboxylic acids is 1. The summed E-state index contributed by atoms with van der Waals surface area (Å²) in [4.78, 5) is 26.3. The van der Waals surface area contributed by atoms with E-state index in [2.05, 4.69) is 30.4 Å². The maximum Gasteiger partial charge on any atom is 0.408 e. The van der Waals surface area contributed by atoms with E-state index >= 15 is 0 Å². The van der Waals surface area contributed by atoms with Crippen LogP contribution in [0.1, 0.15) is 71.9 Å². The van der Waals surface area contributed by atoms with Crippen LogP contribution in [-0.4, -0.2) is 66.4 Å². The number of rotatable bonds is 7. The van der Waals surface area contributed by atoms with Crippen LogP contribution in [-0.2, 0) is 0 Å². The van der Waals surface area contributed by atoms with Gasteiger partial charge in [-0.05, 0) is 38.7 Å². The molecule has 2 aliphatic heterocycles. The van der Waals surface area contributed by atoms with E-state index < -0.39 is 23.5 Å². The molecular weight excluding hydrogens is 531 g/mol. The molecular formula is C25H28F3N9OS. The van der Waals surface area contributed by atoms with Gasteiger partial charge >= 0.3 is 6.18 Å². The Morgan fingerprint density at radius 1 is 1.15 bits per heavy atom. The van der Waals surface area contributed by atoms with Crippen molar-refractivity contribution in [1.29, 1.82) is 0 Å². The molecule has 0 bridgehead atoms. The lowest BCUT2D eigenvalue weighted by Gasteiger charge is -2.26. The largest absolute Gasteiger partial charge is 0.408 e. The van der Waals surface area contributed by atoms with E-state index in [4.69, 9.17) is 0 Å². The van der Waals surface area contributed by atoms with E-state index in [0.717, 1.165) is 73.7 Å². The summed E-state index contributed by atoms with van der Waals surface area (Å²) < 4.78 is 43.0. The van der Waals surface area contributed by atoms with Crippen molar-refractivity contribution >= 4 is 23.4 Å². The van der Waals surface area contributed by atoms with Crippen molar-refractivity contribution < 1.29 is 18.0 Å². The molecule has 0 aromatic carbocycles. The molecule has 3 aromatic heterocycles. The normalized spacial score (nSPS) is 20.4. The monoisotopic (exact) mass is 559 g/mol. The number of hydrogen-bond donors (Lipinski definition) is 1. The third kappa shape index (κ3) is 4.97. The number of pyridine rings is 1. The van der Waals surface area contributed by atoms with E-state index in [1.54, 1.807) is 35.9 Å². The van der Waals surface area contributed by atoms with E-state index in [1.165, 1.54) is 11.8 Å². The van der Waals surface area contributed by atoms with Crippen molar-refractivity contribution in [2.75, 3.05) is 25.0 Å². The van der Waals surface area contributed by atoms with Crippen molar-refractivity contribution in [1.82, 2.24) is 39.5 Å². The Hall–Kier alpha value is -3.55. The summed E-state index contributed by atoms with van der Waals surface area (Å²) >= 11 is 1.25. The lowest BCUT2D eigenvalue weighted by atomic mass is 10.2. The third-order valence-electron chi connectivity index (χ3n) is 7.41. The number of halogens is 3. The molecule has 1 saturated carbocycles.